The highest BCUT2D eigenvalue weighted by Crippen LogP contribution is 2.39. The molecule has 1 atom stereocenters. The molecule has 4 heteroatoms. The molecule has 1 unspecified atom stereocenters. The number of nitrogens with zero attached hydrogens (tertiary/aromatic N) is 2. The van der Waals surface area contributed by atoms with Crippen molar-refractivity contribution in [1.29, 1.82) is 0 Å². The molecule has 1 aromatic heterocycles. The Balaban J connectivity index is 2.21. The average molecular weight is 209 g/mol. The standard InChI is InChI=1S/C11H19N3O/c1-4-8-13-10(15-14-8)9-11(2,3)6-5-7-12-9/h9,12H,4-7H2,1-3H3. The second-order valence-electron chi connectivity index (χ2n) is 4.88. The number of aromatic nitrogens is 2. The molecule has 84 valence electrons. The highest BCUT2D eigenvalue weighted by Gasteiger charge is 2.36. The minimum Gasteiger partial charge on any atom is -0.338 e. The molecule has 0 aromatic carbocycles. The highest BCUT2D eigenvalue weighted by molar-refractivity contribution is 5.01. The summed E-state index contributed by atoms with van der Waals surface area (Å²) in [4.78, 5) is 4.41. The predicted molar refractivity (Wildman–Crippen MR) is 57.4 cm³/mol. The van der Waals surface area contributed by atoms with Gasteiger partial charge in [-0.2, -0.15) is 4.98 Å². The molecule has 1 aromatic rings. The summed E-state index contributed by atoms with van der Waals surface area (Å²) in [5.41, 5.74) is 0.204. The fourth-order valence-electron chi connectivity index (χ4n) is 2.16. The predicted octanol–water partition coefficient (Wildman–Crippen LogP) is 2.08. The van der Waals surface area contributed by atoms with Crippen LogP contribution in [0, 0.1) is 5.41 Å². The highest BCUT2D eigenvalue weighted by atomic mass is 16.5. The minimum atomic E-state index is 0.204. The lowest BCUT2D eigenvalue weighted by Crippen LogP contribution is -2.39. The van der Waals surface area contributed by atoms with E-state index in [-0.39, 0.29) is 11.5 Å². The molecule has 1 N–H and O–H groups in total. The van der Waals surface area contributed by atoms with Gasteiger partial charge in [-0.3, -0.25) is 0 Å². The van der Waals surface area contributed by atoms with E-state index in [2.05, 4.69) is 29.3 Å². The van der Waals surface area contributed by atoms with E-state index in [9.17, 15) is 0 Å². The smallest absolute Gasteiger partial charge is 0.244 e. The first kappa shape index (κ1) is 10.6. The van der Waals surface area contributed by atoms with Crippen molar-refractivity contribution in [2.45, 2.75) is 46.1 Å². The van der Waals surface area contributed by atoms with Crippen molar-refractivity contribution >= 4 is 0 Å². The zero-order valence-corrected chi connectivity index (χ0v) is 9.71. The molecule has 0 bridgehead atoms. The van der Waals surface area contributed by atoms with E-state index in [1.54, 1.807) is 0 Å². The van der Waals surface area contributed by atoms with E-state index in [1.165, 1.54) is 12.8 Å². The first-order valence-corrected chi connectivity index (χ1v) is 5.69. The lowest BCUT2D eigenvalue weighted by Gasteiger charge is -2.36. The Bertz CT molecular complexity index is 332. The Kier molecular flexibility index (Phi) is 2.78. The third-order valence-corrected chi connectivity index (χ3v) is 3.17. The van der Waals surface area contributed by atoms with Crippen molar-refractivity contribution in [2.24, 2.45) is 5.41 Å². The SMILES string of the molecule is CCc1noc(C2NCCCC2(C)C)n1. The Morgan fingerprint density at radius 1 is 1.53 bits per heavy atom. The molecule has 2 rings (SSSR count). The maximum atomic E-state index is 5.31. The van der Waals surface area contributed by atoms with Crippen LogP contribution in [0.15, 0.2) is 4.52 Å². The van der Waals surface area contributed by atoms with Gasteiger partial charge in [0.1, 0.15) is 0 Å². The van der Waals surface area contributed by atoms with Crippen molar-refractivity contribution in [1.82, 2.24) is 15.5 Å². The second-order valence-corrected chi connectivity index (χ2v) is 4.88. The van der Waals surface area contributed by atoms with Gasteiger partial charge in [0.25, 0.3) is 0 Å². The van der Waals surface area contributed by atoms with Crippen molar-refractivity contribution in [3.8, 4) is 0 Å². The molecule has 4 nitrogen and oxygen atoms in total. The summed E-state index contributed by atoms with van der Waals surface area (Å²) in [6, 6.07) is 0.207. The molecule has 2 heterocycles. The van der Waals surface area contributed by atoms with Gasteiger partial charge >= 0.3 is 0 Å². The third kappa shape index (κ3) is 2.04. The molecule has 0 radical (unpaired) electrons. The van der Waals surface area contributed by atoms with E-state index in [0.717, 1.165) is 24.7 Å². The molecular weight excluding hydrogens is 190 g/mol. The first-order chi connectivity index (χ1) is 7.13. The lowest BCUT2D eigenvalue weighted by atomic mass is 9.77. The van der Waals surface area contributed by atoms with Gasteiger partial charge in [-0.1, -0.05) is 25.9 Å². The molecule has 15 heavy (non-hydrogen) atoms. The summed E-state index contributed by atoms with van der Waals surface area (Å²) in [6.45, 7) is 7.57. The van der Waals surface area contributed by atoms with Gasteiger partial charge < -0.3 is 9.84 Å². The van der Waals surface area contributed by atoms with Crippen LogP contribution in [-0.2, 0) is 6.42 Å². The van der Waals surface area contributed by atoms with E-state index in [0.29, 0.717) is 0 Å². The number of aryl methyl sites for hydroxylation is 1. The minimum absolute atomic E-state index is 0.204. The molecule has 0 aliphatic carbocycles. The largest absolute Gasteiger partial charge is 0.338 e. The number of nitrogens with one attached hydrogen (secondary N) is 1. The normalized spacial score (nSPS) is 25.4. The molecule has 1 aliphatic rings. The molecule has 1 saturated heterocycles. The van der Waals surface area contributed by atoms with Crippen LogP contribution in [0.2, 0.25) is 0 Å². The van der Waals surface area contributed by atoms with Gasteiger partial charge in [0.05, 0.1) is 6.04 Å². The van der Waals surface area contributed by atoms with Gasteiger partial charge in [0.15, 0.2) is 5.82 Å². The maximum absolute atomic E-state index is 5.31. The van der Waals surface area contributed by atoms with Crippen LogP contribution in [0.3, 0.4) is 0 Å². The van der Waals surface area contributed by atoms with Crippen LogP contribution in [0.5, 0.6) is 0 Å². The number of piperidine rings is 1. The van der Waals surface area contributed by atoms with Crippen LogP contribution in [0.1, 0.15) is 51.4 Å². The van der Waals surface area contributed by atoms with Crippen LogP contribution in [0.4, 0.5) is 0 Å². The third-order valence-electron chi connectivity index (χ3n) is 3.17. The van der Waals surface area contributed by atoms with Crippen LogP contribution >= 0.6 is 0 Å². The fourth-order valence-corrected chi connectivity index (χ4v) is 2.16. The van der Waals surface area contributed by atoms with Gasteiger partial charge in [-0.05, 0) is 24.8 Å². The summed E-state index contributed by atoms with van der Waals surface area (Å²) >= 11 is 0. The summed E-state index contributed by atoms with van der Waals surface area (Å²) in [5.74, 6) is 1.55. The zero-order valence-electron chi connectivity index (χ0n) is 9.71. The Morgan fingerprint density at radius 2 is 2.33 bits per heavy atom. The summed E-state index contributed by atoms with van der Waals surface area (Å²) in [5, 5.41) is 7.42. The van der Waals surface area contributed by atoms with Crippen LogP contribution in [0.25, 0.3) is 0 Å². The van der Waals surface area contributed by atoms with Crippen LogP contribution in [-0.4, -0.2) is 16.7 Å². The molecule has 0 saturated carbocycles. The molecule has 1 fully saturated rings. The topological polar surface area (TPSA) is 51.0 Å². The Hall–Kier alpha value is -0.900. The van der Waals surface area contributed by atoms with Crippen LogP contribution < -0.4 is 5.32 Å². The Morgan fingerprint density at radius 3 is 2.93 bits per heavy atom. The van der Waals surface area contributed by atoms with E-state index in [1.807, 2.05) is 6.92 Å². The van der Waals surface area contributed by atoms with Crippen molar-refractivity contribution < 1.29 is 4.52 Å². The lowest BCUT2D eigenvalue weighted by molar-refractivity contribution is 0.146. The second kappa shape index (κ2) is 3.93. The van der Waals surface area contributed by atoms with Gasteiger partial charge in [-0.15, -0.1) is 0 Å². The first-order valence-electron chi connectivity index (χ1n) is 5.69. The van der Waals surface area contributed by atoms with E-state index >= 15 is 0 Å². The van der Waals surface area contributed by atoms with E-state index in [4.69, 9.17) is 4.52 Å². The fraction of sp³-hybridized carbons (Fsp3) is 0.818. The number of hydrogen-bond donors (Lipinski definition) is 1. The number of rotatable bonds is 2. The summed E-state index contributed by atoms with van der Waals surface area (Å²) in [6.07, 6.45) is 3.25. The van der Waals surface area contributed by atoms with Crippen molar-refractivity contribution in [3.63, 3.8) is 0 Å². The average Bonchev–Trinajstić information content (AvgIpc) is 2.65. The van der Waals surface area contributed by atoms with Gasteiger partial charge in [0, 0.05) is 6.42 Å². The summed E-state index contributed by atoms with van der Waals surface area (Å²) in [7, 11) is 0. The van der Waals surface area contributed by atoms with Crippen molar-refractivity contribution in [3.05, 3.63) is 11.7 Å². The molecule has 0 spiro atoms. The van der Waals surface area contributed by atoms with Gasteiger partial charge in [-0.25, -0.2) is 0 Å². The Labute approximate surface area is 90.4 Å². The molecular formula is C11H19N3O. The molecule has 1 aliphatic heterocycles. The monoisotopic (exact) mass is 209 g/mol. The van der Waals surface area contributed by atoms with Gasteiger partial charge in [0.2, 0.25) is 5.89 Å². The van der Waals surface area contributed by atoms with E-state index < -0.39 is 0 Å². The quantitative estimate of drug-likeness (QED) is 0.810. The number of hydrogen-bond acceptors (Lipinski definition) is 4. The summed E-state index contributed by atoms with van der Waals surface area (Å²) < 4.78 is 5.31. The molecule has 0 amide bonds. The van der Waals surface area contributed by atoms with Crippen molar-refractivity contribution in [2.75, 3.05) is 6.54 Å². The maximum Gasteiger partial charge on any atom is 0.244 e. The zero-order chi connectivity index (χ0) is 10.9.